The van der Waals surface area contributed by atoms with Crippen molar-refractivity contribution in [3.63, 3.8) is 0 Å². The van der Waals surface area contributed by atoms with Gasteiger partial charge >= 0.3 is 0 Å². The lowest BCUT2D eigenvalue weighted by molar-refractivity contribution is 1.07. The van der Waals surface area contributed by atoms with Gasteiger partial charge in [-0.05, 0) is 99.7 Å². The van der Waals surface area contributed by atoms with Gasteiger partial charge in [-0.15, -0.1) is 34.0 Å². The third-order valence-electron chi connectivity index (χ3n) is 23.7. The Hall–Kier alpha value is -16.2. The van der Waals surface area contributed by atoms with Crippen LogP contribution >= 0.6 is 34.0 Å². The number of hydrogen-bond donors (Lipinski definition) is 0. The lowest BCUT2D eigenvalue weighted by atomic mass is 9.96. The molecule has 0 N–H and O–H groups in total. The van der Waals surface area contributed by atoms with E-state index in [-0.39, 0.29) is 0 Å². The molecular weight excluding hydrogens is 1610 g/mol. The molecule has 0 saturated carbocycles. The van der Waals surface area contributed by atoms with Gasteiger partial charge in [-0.3, -0.25) is 0 Å². The number of fused-ring (bicyclic) bond motifs is 22. The minimum atomic E-state index is 0.561. The second-order valence-electron chi connectivity index (χ2n) is 31.4. The molecule has 9 aromatic heterocycles. The van der Waals surface area contributed by atoms with Gasteiger partial charge in [0.05, 0.1) is 39.3 Å². The number of aromatic nitrogens is 11. The van der Waals surface area contributed by atoms with Crippen molar-refractivity contribution in [2.75, 3.05) is 0 Å². The highest BCUT2D eigenvalue weighted by atomic mass is 32.1. The molecule has 11 nitrogen and oxygen atoms in total. The van der Waals surface area contributed by atoms with Crippen molar-refractivity contribution in [1.29, 1.82) is 0 Å². The van der Waals surface area contributed by atoms with Crippen LogP contribution in [-0.4, -0.2) is 54.8 Å². The fraction of sp³-hybridized carbons (Fsp3) is 0. The van der Waals surface area contributed by atoms with Gasteiger partial charge in [-0.2, -0.15) is 0 Å². The van der Waals surface area contributed by atoms with Crippen LogP contribution in [0.3, 0.4) is 0 Å². The minimum absolute atomic E-state index is 0.561. The van der Waals surface area contributed by atoms with Crippen LogP contribution in [0.4, 0.5) is 0 Å². The van der Waals surface area contributed by atoms with E-state index < -0.39 is 0 Å². The Kier molecular flexibility index (Phi) is 18.6. The first-order chi connectivity index (χ1) is 62.9. The van der Waals surface area contributed by atoms with E-state index >= 15 is 0 Å². The maximum atomic E-state index is 5.33. The van der Waals surface area contributed by atoms with Gasteiger partial charge in [0.15, 0.2) is 40.8 Å². The number of thiophene rings is 3. The van der Waals surface area contributed by atoms with Crippen molar-refractivity contribution >= 4 is 170 Å². The lowest BCUT2D eigenvalue weighted by Gasteiger charge is -2.13. The molecule has 0 amide bonds. The normalized spacial score (nSPS) is 11.6. The summed E-state index contributed by atoms with van der Waals surface area (Å²) in [6, 6.07) is 141. The smallest absolute Gasteiger partial charge is 0.183 e. The number of nitrogens with zero attached hydrogens (tertiary/aromatic N) is 11. The number of rotatable bonds is 10. The molecular formula is C113H67N11S3. The van der Waals surface area contributed by atoms with Crippen LogP contribution < -0.4 is 0 Å². The average Bonchev–Trinajstić information content (AvgIpc) is 1.66. The van der Waals surface area contributed by atoms with Crippen molar-refractivity contribution in [2.24, 2.45) is 0 Å². The summed E-state index contributed by atoms with van der Waals surface area (Å²) in [7, 11) is 0. The SMILES string of the molecule is c1ccc(-c2cc(-c3nc4ccc5sc6ccccc6c5c4c4ccccc34)nc(-c3ccccc3)n2)cc1.c1ccc(-c2nc(-c3ccc4ccccc4c3)nc(-c3nc4ccc5sc6ccccc6c5c4c4ccccc34)n2)cc1.c1ccc(-c2nc(-c3ccccc3)nc(-c3cccc(-c4nc5ccc6sc7ccccc7c6c5c5ccccc45)c3)n2)cc1. The monoisotopic (exact) mass is 1670 g/mol. The second kappa shape index (κ2) is 31.6. The maximum Gasteiger partial charge on any atom is 0.183 e. The molecule has 26 aromatic rings. The Morgan fingerprint density at radius 3 is 0.898 bits per heavy atom. The Balaban J connectivity index is 0.000000107. The standard InChI is InChI=1S/C40H24N4S.C38H22N4S.C35H21N3S/c1-3-12-25(13-4-1)38-42-39(26-14-5-2-6-15-26)44-40(43-38)28-17-11-16-27(24-28)37-30-19-8-7-18-29(30)35-32(41-37)22-23-34-36(35)31-20-9-10-21-33(31)45-34;1-2-11-24(12-3-1)36-40-37(26-19-18-23-10-4-5-13-25(23)22-26)42-38(41-36)35-28-15-7-6-14-27(28)33-30(39-35)20-21-32-34(33)29-16-8-9-17-31(29)43-32;1-3-11-22(12-4-1)28-21-29(38-35(37-28)23-13-5-2-6-14-23)34-25-16-8-7-15-24(25)32-27(36-34)19-20-31-33(32)26-17-9-10-18-30(26)39-31/h1-24H;1-22H;1-21H. The first kappa shape index (κ1) is 74.6. The van der Waals surface area contributed by atoms with Crippen LogP contribution in [0.25, 0.3) is 250 Å². The Labute approximate surface area is 739 Å². The van der Waals surface area contributed by atoms with Crippen LogP contribution in [0.2, 0.25) is 0 Å². The summed E-state index contributed by atoms with van der Waals surface area (Å²) in [6.45, 7) is 0. The summed E-state index contributed by atoms with van der Waals surface area (Å²) in [5.41, 5.74) is 14.9. The van der Waals surface area contributed by atoms with Crippen LogP contribution in [0.15, 0.2) is 406 Å². The van der Waals surface area contributed by atoms with Crippen molar-refractivity contribution in [3.05, 3.63) is 406 Å². The highest BCUT2D eigenvalue weighted by molar-refractivity contribution is 7.27. The van der Waals surface area contributed by atoms with Gasteiger partial charge < -0.3 is 0 Å². The van der Waals surface area contributed by atoms with Gasteiger partial charge in [-0.25, -0.2) is 54.8 Å². The van der Waals surface area contributed by atoms with Crippen LogP contribution in [0.5, 0.6) is 0 Å². The highest BCUT2D eigenvalue weighted by Gasteiger charge is 2.25. The topological polar surface area (TPSA) is 142 Å². The Morgan fingerprint density at radius 1 is 0.142 bits per heavy atom. The molecule has 0 unspecified atom stereocenters. The summed E-state index contributed by atoms with van der Waals surface area (Å²) in [5.74, 6) is 4.42. The summed E-state index contributed by atoms with van der Waals surface area (Å²) in [5, 5.41) is 20.3. The molecule has 0 atom stereocenters. The first-order valence-electron chi connectivity index (χ1n) is 42.1. The third kappa shape index (κ3) is 13.5. The summed E-state index contributed by atoms with van der Waals surface area (Å²) >= 11 is 5.50. The summed E-state index contributed by atoms with van der Waals surface area (Å²) in [6.07, 6.45) is 0. The molecule has 0 bridgehead atoms. The van der Waals surface area contributed by atoms with Crippen LogP contribution in [0.1, 0.15) is 0 Å². The van der Waals surface area contributed by atoms with Gasteiger partial charge in [-0.1, -0.05) is 334 Å². The number of hydrogen-bond acceptors (Lipinski definition) is 14. The fourth-order valence-electron chi connectivity index (χ4n) is 17.8. The van der Waals surface area contributed by atoms with E-state index in [0.717, 1.165) is 116 Å². The third-order valence-corrected chi connectivity index (χ3v) is 27.1. The first-order valence-corrected chi connectivity index (χ1v) is 44.6. The van der Waals surface area contributed by atoms with Crippen molar-refractivity contribution in [3.8, 4) is 114 Å². The lowest BCUT2D eigenvalue weighted by Crippen LogP contribution is -2.02. The van der Waals surface area contributed by atoms with E-state index in [2.05, 4.69) is 279 Å². The highest BCUT2D eigenvalue weighted by Crippen LogP contribution is 2.48. The van der Waals surface area contributed by atoms with Gasteiger partial charge in [0.1, 0.15) is 5.69 Å². The zero-order chi connectivity index (χ0) is 83.8. The molecule has 17 aromatic carbocycles. The molecule has 0 saturated heterocycles. The van der Waals surface area contributed by atoms with Gasteiger partial charge in [0, 0.05) is 137 Å². The largest absolute Gasteiger partial charge is 0.247 e. The summed E-state index contributed by atoms with van der Waals surface area (Å²) in [4.78, 5) is 55.8. The van der Waals surface area contributed by atoms with Gasteiger partial charge in [0.25, 0.3) is 0 Å². The van der Waals surface area contributed by atoms with Crippen molar-refractivity contribution in [2.45, 2.75) is 0 Å². The zero-order valence-corrected chi connectivity index (χ0v) is 70.3. The predicted molar refractivity (Wildman–Crippen MR) is 531 cm³/mol. The molecule has 0 spiro atoms. The van der Waals surface area contributed by atoms with E-state index in [1.165, 1.54) is 92.8 Å². The fourth-order valence-corrected chi connectivity index (χ4v) is 21.1. The van der Waals surface area contributed by atoms with E-state index in [1.54, 1.807) is 0 Å². The average molecular weight is 1680 g/mol. The molecule has 26 rings (SSSR count). The molecule has 9 heterocycles. The van der Waals surface area contributed by atoms with Crippen molar-refractivity contribution in [1.82, 2.24) is 54.8 Å². The molecule has 592 valence electrons. The molecule has 0 radical (unpaired) electrons. The Morgan fingerprint density at radius 2 is 0.449 bits per heavy atom. The maximum absolute atomic E-state index is 5.33. The minimum Gasteiger partial charge on any atom is -0.247 e. The molecule has 127 heavy (non-hydrogen) atoms. The number of benzene rings is 17. The van der Waals surface area contributed by atoms with E-state index in [4.69, 9.17) is 54.8 Å². The predicted octanol–water partition coefficient (Wildman–Crippen LogP) is 30.3. The molecule has 0 aliphatic heterocycles. The van der Waals surface area contributed by atoms with Crippen LogP contribution in [-0.2, 0) is 0 Å². The Bertz CT molecular complexity index is 8740. The zero-order valence-electron chi connectivity index (χ0n) is 67.8. The van der Waals surface area contributed by atoms with E-state index in [0.29, 0.717) is 40.8 Å². The van der Waals surface area contributed by atoms with E-state index in [9.17, 15) is 0 Å². The molecule has 0 aliphatic rings. The molecule has 0 aliphatic carbocycles. The quantitative estimate of drug-likeness (QED) is 0.121. The van der Waals surface area contributed by atoms with Gasteiger partial charge in [0.2, 0.25) is 0 Å². The van der Waals surface area contributed by atoms with Crippen molar-refractivity contribution < 1.29 is 0 Å². The number of pyridine rings is 3. The molecule has 14 heteroatoms. The summed E-state index contributed by atoms with van der Waals surface area (Å²) < 4.78 is 7.69. The van der Waals surface area contributed by atoms with E-state index in [1.807, 2.05) is 161 Å². The second-order valence-corrected chi connectivity index (χ2v) is 34.6. The van der Waals surface area contributed by atoms with Crippen LogP contribution in [0, 0.1) is 0 Å². The molecule has 0 fully saturated rings.